The predicted octanol–water partition coefficient (Wildman–Crippen LogP) is 0.635. The van der Waals surface area contributed by atoms with Crippen LogP contribution in [-0.2, 0) is 86.8 Å². The highest BCUT2D eigenvalue weighted by atomic mass is 32.3. The molecule has 0 aromatic carbocycles. The van der Waals surface area contributed by atoms with Gasteiger partial charge in [-0.3, -0.25) is 9.59 Å². The van der Waals surface area contributed by atoms with E-state index in [2.05, 4.69) is 5.32 Å². The van der Waals surface area contributed by atoms with Gasteiger partial charge in [0.1, 0.15) is 8.42 Å². The van der Waals surface area contributed by atoms with Crippen LogP contribution in [0.15, 0.2) is 14.5 Å². The summed E-state index contributed by atoms with van der Waals surface area (Å²) in [7, 11) is -7.26. The number of thiophene rings is 1. The van der Waals surface area contributed by atoms with E-state index in [1.807, 2.05) is 0 Å². The molecule has 0 saturated carbocycles. The molecule has 0 unspecified atom stereocenters. The van der Waals surface area contributed by atoms with Crippen molar-refractivity contribution in [2.24, 2.45) is 0 Å². The third-order valence-corrected chi connectivity index (χ3v) is 13.4. The molecule has 1 aliphatic rings. The van der Waals surface area contributed by atoms with Gasteiger partial charge in [0.25, 0.3) is 26.0 Å². The van der Waals surface area contributed by atoms with Crippen LogP contribution in [-0.4, -0.2) is 133 Å². The molecule has 7 atom stereocenters. The zero-order chi connectivity index (χ0) is 44.1. The lowest BCUT2D eigenvalue weighted by Crippen LogP contribution is -2.43. The van der Waals surface area contributed by atoms with Crippen LogP contribution in [0.2, 0.25) is 0 Å². The van der Waals surface area contributed by atoms with Crippen LogP contribution in [0.5, 0.6) is 0 Å². The van der Waals surface area contributed by atoms with Crippen LogP contribution in [0.3, 0.4) is 0 Å². The number of carbonyl (C=O) groups is 7. The van der Waals surface area contributed by atoms with E-state index in [0.717, 1.165) is 34.6 Å². The van der Waals surface area contributed by atoms with E-state index in [-0.39, 0.29) is 29.3 Å². The zero-order valence-corrected chi connectivity index (χ0v) is 36.0. The maximum atomic E-state index is 13.4. The Bertz CT molecular complexity index is 1880. The monoisotopic (exact) mass is 885 g/mol. The van der Waals surface area contributed by atoms with E-state index >= 15 is 0 Å². The summed E-state index contributed by atoms with van der Waals surface area (Å²) in [4.78, 5) is 86.6. The van der Waals surface area contributed by atoms with Crippen LogP contribution in [0.1, 0.15) is 86.3 Å². The number of methoxy groups -OCH3 is 1. The first-order valence-electron chi connectivity index (χ1n) is 18.1. The number of amides is 1. The maximum Gasteiger partial charge on any atom is 0.347 e. The first-order valence-corrected chi connectivity index (χ1v) is 21.9. The largest absolute Gasteiger partial charge is 0.451 e. The molecule has 24 heteroatoms. The van der Waals surface area contributed by atoms with Crippen molar-refractivity contribution in [3.8, 4) is 0 Å². The first-order chi connectivity index (χ1) is 27.0. The minimum atomic E-state index is -4.66. The van der Waals surface area contributed by atoms with Gasteiger partial charge in [0.2, 0.25) is 0 Å². The summed E-state index contributed by atoms with van der Waals surface area (Å²) in [6.07, 6.45) is -8.59. The lowest BCUT2D eigenvalue weighted by molar-refractivity contribution is -0.187. The average molecular weight is 886 g/mol. The molecule has 2 heterocycles. The number of carbonyl (C=O) groups excluding carboxylic acids is 7. The Kier molecular flexibility index (Phi) is 19.1. The smallest absolute Gasteiger partial charge is 0.347 e. The lowest BCUT2D eigenvalue weighted by Gasteiger charge is -2.32. The third kappa shape index (κ3) is 14.0. The van der Waals surface area contributed by atoms with Crippen LogP contribution in [0.4, 0.5) is 0 Å². The Balaban J connectivity index is 1.94. The van der Waals surface area contributed by atoms with Crippen LogP contribution >= 0.6 is 11.3 Å². The number of hydrogen-bond acceptors (Lipinski definition) is 20. The Morgan fingerprint density at radius 2 is 1.22 bits per heavy atom. The number of likely N-dealkylation sites (N-methyl/N-ethyl adjacent to an activating group) is 1. The fourth-order valence-corrected chi connectivity index (χ4v) is 9.78. The fourth-order valence-electron chi connectivity index (χ4n) is 4.85. The van der Waals surface area contributed by atoms with Gasteiger partial charge >= 0.3 is 35.8 Å². The fraction of sp³-hybridized carbons (Fsp3) is 0.676. The molecule has 21 nitrogen and oxygen atoms in total. The summed E-state index contributed by atoms with van der Waals surface area (Å²) < 4.78 is 90.2. The second-order valence-corrected chi connectivity index (χ2v) is 18.0. The topological polar surface area (TPSA) is 280 Å². The van der Waals surface area contributed by atoms with Crippen LogP contribution in [0, 0.1) is 0 Å². The van der Waals surface area contributed by atoms with Gasteiger partial charge in [-0.15, -0.1) is 11.3 Å². The highest BCUT2D eigenvalue weighted by molar-refractivity contribution is 7.94. The van der Waals surface area contributed by atoms with Crippen molar-refractivity contribution in [3.05, 3.63) is 11.6 Å². The summed E-state index contributed by atoms with van der Waals surface area (Å²) in [6.45, 7) is 11.1. The maximum absolute atomic E-state index is 13.4. The van der Waals surface area contributed by atoms with E-state index < -0.39 is 109 Å². The van der Waals surface area contributed by atoms with E-state index in [1.165, 1.54) is 24.4 Å². The molecule has 58 heavy (non-hydrogen) atoms. The van der Waals surface area contributed by atoms with E-state index in [4.69, 9.17) is 33.2 Å². The highest BCUT2D eigenvalue weighted by Gasteiger charge is 2.41. The molecule has 0 saturated heterocycles. The predicted molar refractivity (Wildman–Crippen MR) is 200 cm³/mol. The number of fused-ring (bicyclic) bond motifs is 1. The summed E-state index contributed by atoms with van der Waals surface area (Å²) in [6, 6.07) is 0.630. The molecule has 0 radical (unpaired) electrons. The van der Waals surface area contributed by atoms with E-state index in [9.17, 15) is 50.4 Å². The van der Waals surface area contributed by atoms with Crippen LogP contribution < -0.4 is 10.0 Å². The van der Waals surface area contributed by atoms with Gasteiger partial charge in [-0.1, -0.05) is 13.8 Å². The second-order valence-electron chi connectivity index (χ2n) is 12.9. The molecule has 0 aliphatic carbocycles. The number of hydrogen-bond donors (Lipinski definition) is 2. The van der Waals surface area contributed by atoms with Gasteiger partial charge in [-0.25, -0.2) is 45.5 Å². The van der Waals surface area contributed by atoms with Crippen molar-refractivity contribution < 1.29 is 83.6 Å². The molecule has 1 aromatic heterocycles. The summed E-state index contributed by atoms with van der Waals surface area (Å²) in [5.41, 5.74) is 0.222. The Hall–Kier alpha value is -4.23. The molecule has 2 rings (SSSR count). The molecule has 0 fully saturated rings. The Morgan fingerprint density at radius 1 is 0.776 bits per heavy atom. The van der Waals surface area contributed by atoms with E-state index in [0.29, 0.717) is 37.3 Å². The zero-order valence-electron chi connectivity index (χ0n) is 33.6. The van der Waals surface area contributed by atoms with Gasteiger partial charge in [0, 0.05) is 44.8 Å². The minimum Gasteiger partial charge on any atom is -0.451 e. The molecular weight excluding hydrogens is 835 g/mol. The van der Waals surface area contributed by atoms with E-state index in [1.54, 1.807) is 18.6 Å². The molecule has 0 bridgehead atoms. The number of rotatable bonds is 22. The van der Waals surface area contributed by atoms with Crippen molar-refractivity contribution in [3.63, 3.8) is 0 Å². The number of sulfonamides is 2. The second kappa shape index (κ2) is 22.2. The van der Waals surface area contributed by atoms with Gasteiger partial charge in [-0.05, 0) is 67.0 Å². The van der Waals surface area contributed by atoms with Crippen molar-refractivity contribution in [1.29, 1.82) is 0 Å². The quantitative estimate of drug-likeness (QED) is 0.0918. The number of ether oxygens (including phenoxy) is 7. The average Bonchev–Trinajstić information content (AvgIpc) is 3.61. The summed E-state index contributed by atoms with van der Waals surface area (Å²) in [5, 5.41) is 3.14. The molecule has 1 aromatic rings. The third-order valence-electron chi connectivity index (χ3n) is 8.00. The van der Waals surface area contributed by atoms with Crippen molar-refractivity contribution >= 4 is 73.1 Å². The van der Waals surface area contributed by atoms with Crippen molar-refractivity contribution in [1.82, 2.24) is 14.3 Å². The van der Waals surface area contributed by atoms with Gasteiger partial charge in [0.05, 0.1) is 0 Å². The van der Waals surface area contributed by atoms with Gasteiger partial charge < -0.3 is 38.5 Å². The highest BCUT2D eigenvalue weighted by Crippen LogP contribution is 2.40. The first kappa shape index (κ1) is 49.9. The van der Waals surface area contributed by atoms with Crippen molar-refractivity contribution in [2.75, 3.05) is 33.4 Å². The molecule has 0 spiro atoms. The Labute approximate surface area is 340 Å². The standard InChI is InChI=1S/C34H51N3O18S3/c1-10-13-26(38)50-19(4)29(40)52-21(6)31(42)54-23(8)33(44)55-22(7)32(43)53-20(5)30(41)51-18(3)28(39)36-57(45,46)27-16-24-25(35-11-2)17-37(14-12-15-49-9)58(47,48)34(24)56-27/h16,18-23,25,35H,10-15,17H2,1-9H3,(H,36,39)/t18-,19-,20-,21-,22-,23-,25-/m0/s1. The summed E-state index contributed by atoms with van der Waals surface area (Å²) in [5.74, 6) is -7.90. The summed E-state index contributed by atoms with van der Waals surface area (Å²) >= 11 is 0.458. The van der Waals surface area contributed by atoms with Gasteiger partial charge in [-0.2, -0.15) is 4.31 Å². The lowest BCUT2D eigenvalue weighted by atomic mass is 10.1. The van der Waals surface area contributed by atoms with Crippen molar-refractivity contribution in [2.45, 2.75) is 126 Å². The molecular formula is C34H51N3O18S3. The SMILES string of the molecule is CCCC(=O)O[C@@H](C)C(=O)O[C@@H](C)C(=O)O[C@@H](C)C(=O)O[C@@H](C)C(=O)O[C@@H](C)C(=O)O[C@@H](C)C(=O)NS(=O)(=O)c1cc2c(s1)S(=O)(=O)N(CCCOC)C[C@@H]2NCC. The number of nitrogens with zero attached hydrogens (tertiary/aromatic N) is 1. The van der Waals surface area contributed by atoms with Gasteiger partial charge in [0.15, 0.2) is 36.6 Å². The van der Waals surface area contributed by atoms with Crippen LogP contribution in [0.25, 0.3) is 0 Å². The molecule has 1 amide bonds. The molecule has 328 valence electrons. The Morgan fingerprint density at radius 3 is 1.66 bits per heavy atom. The molecule has 1 aliphatic heterocycles. The molecule has 2 N–H and O–H groups in total. The normalized spacial score (nSPS) is 18.1. The minimum absolute atomic E-state index is 0.0437. The number of nitrogens with one attached hydrogen (secondary N) is 2. The number of esters is 6.